The molecular formula is C20H35Br. The van der Waals surface area contributed by atoms with Crippen LogP contribution in [-0.2, 0) is 0 Å². The molecule has 2 saturated carbocycles. The molecule has 21 heavy (non-hydrogen) atoms. The van der Waals surface area contributed by atoms with Gasteiger partial charge in [0.05, 0.1) is 0 Å². The average Bonchev–Trinajstić information content (AvgIpc) is 2.73. The van der Waals surface area contributed by atoms with E-state index < -0.39 is 0 Å². The molecule has 0 aromatic carbocycles. The minimum atomic E-state index is 0.499. The topological polar surface area (TPSA) is 0 Å². The molecule has 0 aromatic heterocycles. The highest BCUT2D eigenvalue weighted by Gasteiger charge is 2.50. The quantitative estimate of drug-likeness (QED) is 0.495. The van der Waals surface area contributed by atoms with Crippen LogP contribution in [0.5, 0.6) is 0 Å². The zero-order chi connectivity index (χ0) is 15.7. The Morgan fingerprint density at radius 2 is 2.05 bits per heavy atom. The Bertz CT molecular complexity index is 376. The molecule has 0 heterocycles. The van der Waals surface area contributed by atoms with Crippen LogP contribution in [0.15, 0.2) is 10.6 Å². The Kier molecular flexibility index (Phi) is 5.66. The second-order valence-electron chi connectivity index (χ2n) is 9.21. The van der Waals surface area contributed by atoms with Crippen molar-refractivity contribution in [3.63, 3.8) is 0 Å². The van der Waals surface area contributed by atoms with Gasteiger partial charge in [-0.15, -0.1) is 0 Å². The van der Waals surface area contributed by atoms with Gasteiger partial charge in [-0.2, -0.15) is 0 Å². The van der Waals surface area contributed by atoms with Gasteiger partial charge in [-0.1, -0.05) is 69.0 Å². The summed E-state index contributed by atoms with van der Waals surface area (Å²) in [6.45, 7) is 12.3. The maximum Gasteiger partial charge on any atom is -0.0138 e. The van der Waals surface area contributed by atoms with Crippen LogP contribution in [0.1, 0.15) is 86.0 Å². The fraction of sp³-hybridized carbons (Fsp3) is 0.900. The van der Waals surface area contributed by atoms with E-state index in [0.29, 0.717) is 10.8 Å². The van der Waals surface area contributed by atoms with Crippen LogP contribution in [0.25, 0.3) is 0 Å². The zero-order valence-electron chi connectivity index (χ0n) is 14.8. The summed E-state index contributed by atoms with van der Waals surface area (Å²) in [6.07, 6.45) is 11.3. The van der Waals surface area contributed by atoms with Gasteiger partial charge >= 0.3 is 0 Å². The summed E-state index contributed by atoms with van der Waals surface area (Å²) < 4.78 is 0. The highest BCUT2D eigenvalue weighted by molar-refractivity contribution is 9.11. The molecule has 0 saturated heterocycles. The molecule has 1 heteroatoms. The van der Waals surface area contributed by atoms with E-state index >= 15 is 0 Å². The number of rotatable bonds is 4. The molecule has 2 rings (SSSR count). The van der Waals surface area contributed by atoms with E-state index in [9.17, 15) is 0 Å². The molecule has 0 N–H and O–H groups in total. The number of fused-ring (bicyclic) bond motifs is 1. The van der Waals surface area contributed by atoms with Crippen LogP contribution in [0.3, 0.4) is 0 Å². The Hall–Kier alpha value is 0.220. The van der Waals surface area contributed by atoms with Gasteiger partial charge in [-0.3, -0.25) is 0 Å². The first-order chi connectivity index (χ1) is 9.78. The lowest BCUT2D eigenvalue weighted by Crippen LogP contribution is -2.35. The molecule has 0 amide bonds. The van der Waals surface area contributed by atoms with Crippen LogP contribution in [0.4, 0.5) is 0 Å². The first-order valence-electron chi connectivity index (χ1n) is 9.07. The molecule has 0 unspecified atom stereocenters. The Morgan fingerprint density at radius 3 is 2.67 bits per heavy atom. The lowest BCUT2D eigenvalue weighted by Gasteiger charge is -2.44. The molecule has 0 spiro atoms. The maximum absolute atomic E-state index is 3.63. The molecule has 4 atom stereocenters. The summed E-state index contributed by atoms with van der Waals surface area (Å²) in [5, 5.41) is 0. The SMILES string of the molecule is C[C@H](CCCC(C)(C)C)[C@H]1CC[C@@H]2/C(=C/Br)CCC[C@@]21C. The van der Waals surface area contributed by atoms with Crippen molar-refractivity contribution in [1.82, 2.24) is 0 Å². The minimum absolute atomic E-state index is 0.499. The summed E-state index contributed by atoms with van der Waals surface area (Å²) in [6, 6.07) is 0. The first kappa shape index (κ1) is 17.6. The highest BCUT2D eigenvalue weighted by atomic mass is 79.9. The van der Waals surface area contributed by atoms with Gasteiger partial charge in [0.15, 0.2) is 0 Å². The second kappa shape index (κ2) is 6.77. The molecule has 2 aliphatic rings. The summed E-state index contributed by atoms with van der Waals surface area (Å²) in [5.74, 6) is 2.71. The third-order valence-electron chi connectivity index (χ3n) is 6.45. The third-order valence-corrected chi connectivity index (χ3v) is 7.04. The van der Waals surface area contributed by atoms with Crippen molar-refractivity contribution >= 4 is 15.9 Å². The van der Waals surface area contributed by atoms with Gasteiger partial charge < -0.3 is 0 Å². The smallest absolute Gasteiger partial charge is 0.0138 e. The Morgan fingerprint density at radius 1 is 1.33 bits per heavy atom. The van der Waals surface area contributed by atoms with Crippen molar-refractivity contribution in [3.8, 4) is 0 Å². The second-order valence-corrected chi connectivity index (χ2v) is 9.67. The average molecular weight is 355 g/mol. The summed E-state index contributed by atoms with van der Waals surface area (Å²) >= 11 is 3.63. The standard InChI is InChI=1S/C20H35Br/c1-15(8-6-12-19(2,3)4)17-10-11-18-16(14-21)9-7-13-20(17,18)5/h14-15,17-18H,6-13H2,1-5H3/b16-14+/t15-,17-,18-,20-/m1/s1. The van der Waals surface area contributed by atoms with Crippen LogP contribution in [0, 0.1) is 28.6 Å². The van der Waals surface area contributed by atoms with E-state index in [1.165, 1.54) is 51.4 Å². The van der Waals surface area contributed by atoms with Crippen molar-refractivity contribution in [2.45, 2.75) is 86.0 Å². The van der Waals surface area contributed by atoms with E-state index in [0.717, 1.165) is 17.8 Å². The van der Waals surface area contributed by atoms with Crippen molar-refractivity contribution < 1.29 is 0 Å². The molecule has 122 valence electrons. The Balaban J connectivity index is 1.97. The lowest BCUT2D eigenvalue weighted by atomic mass is 9.61. The molecule has 0 aromatic rings. The van der Waals surface area contributed by atoms with E-state index in [4.69, 9.17) is 0 Å². The van der Waals surface area contributed by atoms with E-state index in [1.807, 2.05) is 0 Å². The van der Waals surface area contributed by atoms with Gasteiger partial charge in [0, 0.05) is 0 Å². The largest absolute Gasteiger partial charge is 0.0622 e. The molecule has 0 nitrogen and oxygen atoms in total. The van der Waals surface area contributed by atoms with Crippen LogP contribution in [0.2, 0.25) is 0 Å². The normalized spacial score (nSPS) is 36.8. The monoisotopic (exact) mass is 354 g/mol. The molecule has 2 aliphatic carbocycles. The van der Waals surface area contributed by atoms with Crippen molar-refractivity contribution in [2.24, 2.45) is 28.6 Å². The van der Waals surface area contributed by atoms with Crippen LogP contribution in [-0.4, -0.2) is 0 Å². The third kappa shape index (κ3) is 3.95. The van der Waals surface area contributed by atoms with Crippen molar-refractivity contribution in [2.75, 3.05) is 0 Å². The summed E-state index contributed by atoms with van der Waals surface area (Å²) in [7, 11) is 0. The number of hydrogen-bond donors (Lipinski definition) is 0. The van der Waals surface area contributed by atoms with Gasteiger partial charge in [-0.05, 0) is 72.1 Å². The minimum Gasteiger partial charge on any atom is -0.0622 e. The molecule has 0 bridgehead atoms. The fourth-order valence-corrected chi connectivity index (χ4v) is 5.85. The van der Waals surface area contributed by atoms with Crippen molar-refractivity contribution in [3.05, 3.63) is 10.6 Å². The number of allylic oxidation sites excluding steroid dienone is 1. The molecule has 0 radical (unpaired) electrons. The van der Waals surface area contributed by atoms with E-state index in [2.05, 4.69) is 55.5 Å². The maximum atomic E-state index is 3.63. The summed E-state index contributed by atoms with van der Waals surface area (Å²) in [4.78, 5) is 2.25. The summed E-state index contributed by atoms with van der Waals surface area (Å²) in [5.41, 5.74) is 2.78. The van der Waals surface area contributed by atoms with Gasteiger partial charge in [0.1, 0.15) is 0 Å². The van der Waals surface area contributed by atoms with E-state index in [1.54, 1.807) is 5.57 Å². The predicted molar refractivity (Wildman–Crippen MR) is 97.7 cm³/mol. The van der Waals surface area contributed by atoms with Gasteiger partial charge in [-0.25, -0.2) is 0 Å². The van der Waals surface area contributed by atoms with Crippen LogP contribution < -0.4 is 0 Å². The zero-order valence-corrected chi connectivity index (χ0v) is 16.4. The molecule has 0 aliphatic heterocycles. The number of halogens is 1. The van der Waals surface area contributed by atoms with Crippen LogP contribution >= 0.6 is 15.9 Å². The lowest BCUT2D eigenvalue weighted by molar-refractivity contribution is 0.0922. The van der Waals surface area contributed by atoms with Crippen molar-refractivity contribution in [1.29, 1.82) is 0 Å². The van der Waals surface area contributed by atoms with Gasteiger partial charge in [0.25, 0.3) is 0 Å². The molecule has 2 fully saturated rings. The Labute approximate surface area is 141 Å². The predicted octanol–water partition coefficient (Wildman–Crippen LogP) is 7.33. The fourth-order valence-electron chi connectivity index (χ4n) is 5.30. The molecular weight excluding hydrogens is 320 g/mol. The van der Waals surface area contributed by atoms with E-state index in [-0.39, 0.29) is 0 Å². The first-order valence-corrected chi connectivity index (χ1v) is 9.98. The number of hydrogen-bond acceptors (Lipinski definition) is 0. The highest BCUT2D eigenvalue weighted by Crippen LogP contribution is 2.60. The van der Waals surface area contributed by atoms with Gasteiger partial charge in [0.2, 0.25) is 0 Å².